The average Bonchev–Trinajstić information content (AvgIpc) is 2.61. The second-order valence-electron chi connectivity index (χ2n) is 4.96. The van der Waals surface area contributed by atoms with E-state index >= 15 is 0 Å². The number of hydrogen-bond acceptors (Lipinski definition) is 4. The van der Waals surface area contributed by atoms with Crippen LogP contribution in [0.25, 0.3) is 0 Å². The molecule has 2 heterocycles. The van der Waals surface area contributed by atoms with Crippen molar-refractivity contribution in [1.82, 2.24) is 4.98 Å². The van der Waals surface area contributed by atoms with Crippen LogP contribution >= 0.6 is 0 Å². The van der Waals surface area contributed by atoms with E-state index in [9.17, 15) is 13.2 Å². The van der Waals surface area contributed by atoms with E-state index < -0.39 is 11.9 Å². The lowest BCUT2D eigenvalue weighted by atomic mass is 10.2. The molecule has 0 bridgehead atoms. The third-order valence-corrected chi connectivity index (χ3v) is 3.21. The Kier molecular flexibility index (Phi) is 4.36. The molecular formula is C13H17F3N4O. The summed E-state index contributed by atoms with van der Waals surface area (Å²) in [6.07, 6.45) is -3.97. The van der Waals surface area contributed by atoms with Crippen molar-refractivity contribution in [3.8, 4) is 0 Å². The highest BCUT2D eigenvalue weighted by atomic mass is 19.4. The molecule has 0 amide bonds. The summed E-state index contributed by atoms with van der Waals surface area (Å²) in [5.74, 6) is -0.210. The lowest BCUT2D eigenvalue weighted by molar-refractivity contribution is -0.141. The fourth-order valence-electron chi connectivity index (χ4n) is 2.24. The third-order valence-electron chi connectivity index (χ3n) is 3.21. The standard InChI is InChI=1S/C13H17F3N4O/c1-8-7-20(5-2-6-21-8)12-9(11(17)18)3-4-10(19-12)13(14,15)16/h3-4,8H,2,5-7H2,1H3,(H3,17,18). The van der Waals surface area contributed by atoms with E-state index in [4.69, 9.17) is 15.9 Å². The summed E-state index contributed by atoms with van der Waals surface area (Å²) in [5.41, 5.74) is 4.68. The minimum atomic E-state index is -4.53. The van der Waals surface area contributed by atoms with Gasteiger partial charge in [-0.15, -0.1) is 0 Å². The van der Waals surface area contributed by atoms with Gasteiger partial charge in [-0.05, 0) is 25.5 Å². The van der Waals surface area contributed by atoms with E-state index in [2.05, 4.69) is 4.98 Å². The monoisotopic (exact) mass is 302 g/mol. The molecule has 1 aromatic rings. The molecular weight excluding hydrogens is 285 g/mol. The number of pyridine rings is 1. The topological polar surface area (TPSA) is 75.2 Å². The summed E-state index contributed by atoms with van der Waals surface area (Å²) in [4.78, 5) is 5.39. The van der Waals surface area contributed by atoms with Gasteiger partial charge in [0.1, 0.15) is 17.3 Å². The van der Waals surface area contributed by atoms with Crippen LogP contribution in [0.5, 0.6) is 0 Å². The molecule has 3 N–H and O–H groups in total. The number of amidine groups is 1. The number of nitrogen functional groups attached to an aromatic ring is 1. The summed E-state index contributed by atoms with van der Waals surface area (Å²) in [7, 11) is 0. The molecule has 8 heteroatoms. The number of halogens is 3. The van der Waals surface area contributed by atoms with Gasteiger partial charge in [0.05, 0.1) is 11.7 Å². The predicted octanol–water partition coefficient (Wildman–Crippen LogP) is 2.00. The number of alkyl halides is 3. The van der Waals surface area contributed by atoms with Crippen LogP contribution in [0.1, 0.15) is 24.6 Å². The first-order valence-corrected chi connectivity index (χ1v) is 6.58. The van der Waals surface area contributed by atoms with Crippen molar-refractivity contribution in [3.05, 3.63) is 23.4 Å². The van der Waals surface area contributed by atoms with Crippen molar-refractivity contribution in [3.63, 3.8) is 0 Å². The van der Waals surface area contributed by atoms with E-state index in [1.54, 1.807) is 4.90 Å². The van der Waals surface area contributed by atoms with Crippen LogP contribution in [-0.2, 0) is 10.9 Å². The highest BCUT2D eigenvalue weighted by Gasteiger charge is 2.34. The van der Waals surface area contributed by atoms with Crippen LogP contribution in [0.2, 0.25) is 0 Å². The zero-order valence-corrected chi connectivity index (χ0v) is 11.6. The lowest BCUT2D eigenvalue weighted by Crippen LogP contribution is -2.33. The van der Waals surface area contributed by atoms with Crippen molar-refractivity contribution >= 4 is 11.7 Å². The molecule has 1 atom stereocenters. The summed E-state index contributed by atoms with van der Waals surface area (Å²) in [6.45, 7) is 3.32. The van der Waals surface area contributed by atoms with Gasteiger partial charge < -0.3 is 15.4 Å². The van der Waals surface area contributed by atoms with Gasteiger partial charge in [-0.25, -0.2) is 4.98 Å². The van der Waals surface area contributed by atoms with Crippen LogP contribution in [0.3, 0.4) is 0 Å². The van der Waals surface area contributed by atoms with Gasteiger partial charge in [-0.1, -0.05) is 0 Å². The molecule has 1 aromatic heterocycles. The smallest absolute Gasteiger partial charge is 0.384 e. The van der Waals surface area contributed by atoms with Crippen molar-refractivity contribution in [1.29, 1.82) is 5.41 Å². The second kappa shape index (κ2) is 5.88. The Bertz CT molecular complexity index is 533. The second-order valence-corrected chi connectivity index (χ2v) is 4.96. The van der Waals surface area contributed by atoms with Crippen LogP contribution in [-0.4, -0.2) is 36.6 Å². The van der Waals surface area contributed by atoms with Crippen LogP contribution in [0.15, 0.2) is 12.1 Å². The van der Waals surface area contributed by atoms with Crippen molar-refractivity contribution in [2.75, 3.05) is 24.6 Å². The SMILES string of the molecule is CC1CN(c2nc(C(F)(F)F)ccc2C(=N)N)CCCO1. The Morgan fingerprint density at radius 3 is 2.81 bits per heavy atom. The van der Waals surface area contributed by atoms with E-state index in [1.165, 1.54) is 6.07 Å². The van der Waals surface area contributed by atoms with Crippen molar-refractivity contribution in [2.24, 2.45) is 5.73 Å². The van der Waals surface area contributed by atoms with Crippen LogP contribution in [0.4, 0.5) is 19.0 Å². The summed E-state index contributed by atoms with van der Waals surface area (Å²) >= 11 is 0. The maximum absolute atomic E-state index is 12.8. The Labute approximate surface area is 120 Å². The number of nitrogens with one attached hydrogen (secondary N) is 1. The van der Waals surface area contributed by atoms with Gasteiger partial charge in [0.2, 0.25) is 0 Å². The van der Waals surface area contributed by atoms with Crippen molar-refractivity contribution in [2.45, 2.75) is 25.6 Å². The molecule has 1 fully saturated rings. The first-order chi connectivity index (χ1) is 9.79. The number of nitrogens with two attached hydrogens (primary N) is 1. The quantitative estimate of drug-likeness (QED) is 0.647. The number of anilines is 1. The van der Waals surface area contributed by atoms with Crippen LogP contribution in [0, 0.1) is 5.41 Å². The van der Waals surface area contributed by atoms with E-state index in [1.807, 2.05) is 6.92 Å². The molecule has 0 spiro atoms. The fraction of sp³-hybridized carbons (Fsp3) is 0.538. The maximum atomic E-state index is 12.8. The Morgan fingerprint density at radius 2 is 2.19 bits per heavy atom. The molecule has 0 aliphatic carbocycles. The van der Waals surface area contributed by atoms with Gasteiger partial charge in [0, 0.05) is 19.7 Å². The largest absolute Gasteiger partial charge is 0.433 e. The zero-order valence-electron chi connectivity index (χ0n) is 11.6. The molecule has 1 saturated heterocycles. The third kappa shape index (κ3) is 3.63. The summed E-state index contributed by atoms with van der Waals surface area (Å²) in [5, 5.41) is 7.52. The van der Waals surface area contributed by atoms with Gasteiger partial charge >= 0.3 is 6.18 Å². The summed E-state index contributed by atoms with van der Waals surface area (Å²) in [6, 6.07) is 2.04. The number of ether oxygens (including phenoxy) is 1. The molecule has 1 unspecified atom stereocenters. The van der Waals surface area contributed by atoms with Gasteiger partial charge in [-0.3, -0.25) is 5.41 Å². The number of hydrogen-bond donors (Lipinski definition) is 2. The Balaban J connectivity index is 2.44. The average molecular weight is 302 g/mol. The number of rotatable bonds is 2. The molecule has 0 radical (unpaired) electrons. The number of aromatic nitrogens is 1. The highest BCUT2D eigenvalue weighted by Crippen LogP contribution is 2.31. The molecule has 0 saturated carbocycles. The first-order valence-electron chi connectivity index (χ1n) is 6.58. The molecule has 5 nitrogen and oxygen atoms in total. The van der Waals surface area contributed by atoms with Crippen LogP contribution < -0.4 is 10.6 Å². The minimum Gasteiger partial charge on any atom is -0.384 e. The maximum Gasteiger partial charge on any atom is 0.433 e. The number of nitrogens with zero attached hydrogens (tertiary/aromatic N) is 2. The Hall–Kier alpha value is -1.83. The Morgan fingerprint density at radius 1 is 1.48 bits per heavy atom. The van der Waals surface area contributed by atoms with Crippen molar-refractivity contribution < 1.29 is 17.9 Å². The van der Waals surface area contributed by atoms with E-state index in [-0.39, 0.29) is 23.3 Å². The summed E-state index contributed by atoms with van der Waals surface area (Å²) < 4.78 is 44.0. The molecule has 1 aliphatic rings. The molecule has 21 heavy (non-hydrogen) atoms. The molecule has 2 rings (SSSR count). The fourth-order valence-corrected chi connectivity index (χ4v) is 2.24. The van der Waals surface area contributed by atoms with Gasteiger partial charge in [-0.2, -0.15) is 13.2 Å². The predicted molar refractivity (Wildman–Crippen MR) is 72.5 cm³/mol. The normalized spacial score (nSPS) is 20.2. The zero-order chi connectivity index (χ0) is 15.6. The van der Waals surface area contributed by atoms with E-state index in [0.29, 0.717) is 26.1 Å². The molecule has 1 aliphatic heterocycles. The van der Waals surface area contributed by atoms with E-state index in [0.717, 1.165) is 6.07 Å². The molecule has 0 aromatic carbocycles. The highest BCUT2D eigenvalue weighted by molar-refractivity contribution is 5.99. The lowest BCUT2D eigenvalue weighted by Gasteiger charge is -2.26. The van der Waals surface area contributed by atoms with Gasteiger partial charge in [0.15, 0.2) is 0 Å². The minimum absolute atomic E-state index is 0.0923. The van der Waals surface area contributed by atoms with Gasteiger partial charge in [0.25, 0.3) is 0 Å². The molecule has 116 valence electrons. The first kappa shape index (κ1) is 15.6.